The van der Waals surface area contributed by atoms with E-state index in [1.807, 2.05) is 0 Å². The Kier molecular flexibility index (Phi) is 4.12. The first-order valence-corrected chi connectivity index (χ1v) is 6.01. The zero-order valence-electron chi connectivity index (χ0n) is 9.84. The van der Waals surface area contributed by atoms with Gasteiger partial charge in [0.2, 0.25) is 0 Å². The molecule has 0 radical (unpaired) electrons. The van der Waals surface area contributed by atoms with Crippen molar-refractivity contribution in [2.24, 2.45) is 5.73 Å². The highest BCUT2D eigenvalue weighted by molar-refractivity contribution is 6.30. The van der Waals surface area contributed by atoms with Crippen molar-refractivity contribution >= 4 is 11.6 Å². The molecule has 1 atom stereocenters. The van der Waals surface area contributed by atoms with Crippen LogP contribution in [0.4, 0.5) is 13.2 Å². The summed E-state index contributed by atoms with van der Waals surface area (Å²) in [5.74, 6) is -2.05. The van der Waals surface area contributed by atoms with Crippen LogP contribution in [0.2, 0.25) is 5.02 Å². The zero-order valence-corrected chi connectivity index (χ0v) is 10.6. The van der Waals surface area contributed by atoms with Crippen LogP contribution in [0.25, 0.3) is 0 Å². The number of benzene rings is 2. The van der Waals surface area contributed by atoms with Crippen molar-refractivity contribution in [1.29, 1.82) is 0 Å². The predicted molar refractivity (Wildman–Crippen MR) is 68.4 cm³/mol. The summed E-state index contributed by atoms with van der Waals surface area (Å²) in [6, 6.07) is 7.04. The van der Waals surface area contributed by atoms with Crippen LogP contribution >= 0.6 is 11.6 Å². The summed E-state index contributed by atoms with van der Waals surface area (Å²) in [5.41, 5.74) is 5.78. The fraction of sp³-hybridized carbons (Fsp3) is 0.143. The van der Waals surface area contributed by atoms with Crippen LogP contribution < -0.4 is 5.73 Å². The van der Waals surface area contributed by atoms with E-state index in [1.165, 1.54) is 24.3 Å². The van der Waals surface area contributed by atoms with Gasteiger partial charge in [0.1, 0.15) is 17.5 Å². The van der Waals surface area contributed by atoms with Gasteiger partial charge in [-0.05, 0) is 24.6 Å². The molecule has 2 aromatic carbocycles. The van der Waals surface area contributed by atoms with E-state index in [1.54, 1.807) is 0 Å². The third-order valence-corrected chi connectivity index (χ3v) is 3.16. The molecule has 0 aliphatic carbocycles. The molecule has 0 fully saturated rings. The fourth-order valence-corrected chi connectivity index (χ4v) is 2.05. The van der Waals surface area contributed by atoms with Crippen LogP contribution in [0.15, 0.2) is 36.4 Å². The number of hydrogen-bond donors (Lipinski definition) is 1. The second kappa shape index (κ2) is 5.63. The standard InChI is InChI=1S/C14H11ClF3N/c15-10-4-1-3-8(14(10)18)13(19)7-9-11(16)5-2-6-12(9)17/h1-6,13H,7,19H2. The van der Waals surface area contributed by atoms with Gasteiger partial charge in [0, 0.05) is 17.2 Å². The lowest BCUT2D eigenvalue weighted by molar-refractivity contribution is 0.528. The topological polar surface area (TPSA) is 26.0 Å². The second-order valence-corrected chi connectivity index (χ2v) is 4.56. The molecule has 0 bridgehead atoms. The second-order valence-electron chi connectivity index (χ2n) is 4.15. The molecule has 0 heterocycles. The predicted octanol–water partition coefficient (Wildman–Crippen LogP) is 4.00. The largest absolute Gasteiger partial charge is 0.324 e. The maximum Gasteiger partial charge on any atom is 0.146 e. The minimum Gasteiger partial charge on any atom is -0.324 e. The van der Waals surface area contributed by atoms with E-state index < -0.39 is 23.5 Å². The molecule has 0 aliphatic rings. The van der Waals surface area contributed by atoms with Gasteiger partial charge in [-0.15, -0.1) is 0 Å². The maximum absolute atomic E-state index is 13.8. The Labute approximate surface area is 113 Å². The Morgan fingerprint density at radius 3 is 2.21 bits per heavy atom. The van der Waals surface area contributed by atoms with Crippen molar-refractivity contribution < 1.29 is 13.2 Å². The lowest BCUT2D eigenvalue weighted by atomic mass is 9.98. The summed E-state index contributed by atoms with van der Waals surface area (Å²) in [7, 11) is 0. The lowest BCUT2D eigenvalue weighted by Gasteiger charge is -2.14. The molecule has 2 rings (SSSR count). The van der Waals surface area contributed by atoms with Gasteiger partial charge in [-0.3, -0.25) is 0 Å². The Balaban J connectivity index is 2.31. The lowest BCUT2D eigenvalue weighted by Crippen LogP contribution is -2.16. The van der Waals surface area contributed by atoms with E-state index >= 15 is 0 Å². The first-order valence-electron chi connectivity index (χ1n) is 5.63. The molecule has 0 aromatic heterocycles. The van der Waals surface area contributed by atoms with Crippen LogP contribution in [0.5, 0.6) is 0 Å². The van der Waals surface area contributed by atoms with Crippen LogP contribution in [0.1, 0.15) is 17.2 Å². The Hall–Kier alpha value is -1.52. The van der Waals surface area contributed by atoms with Gasteiger partial charge < -0.3 is 5.73 Å². The average Bonchev–Trinajstić information content (AvgIpc) is 2.37. The van der Waals surface area contributed by atoms with Gasteiger partial charge in [0.05, 0.1) is 5.02 Å². The molecule has 5 heteroatoms. The van der Waals surface area contributed by atoms with Crippen LogP contribution in [-0.4, -0.2) is 0 Å². The molecule has 0 spiro atoms. The molecule has 1 nitrogen and oxygen atoms in total. The Morgan fingerprint density at radius 2 is 1.58 bits per heavy atom. The highest BCUT2D eigenvalue weighted by Gasteiger charge is 2.18. The third-order valence-electron chi connectivity index (χ3n) is 2.87. The fourth-order valence-electron chi connectivity index (χ4n) is 1.86. The van der Waals surface area contributed by atoms with Gasteiger partial charge in [-0.2, -0.15) is 0 Å². The van der Waals surface area contributed by atoms with Crippen LogP contribution in [0, 0.1) is 17.5 Å². The summed E-state index contributed by atoms with van der Waals surface area (Å²) in [4.78, 5) is 0. The number of nitrogens with two attached hydrogens (primary N) is 1. The van der Waals surface area contributed by atoms with E-state index in [0.29, 0.717) is 0 Å². The van der Waals surface area contributed by atoms with Crippen molar-refractivity contribution in [2.75, 3.05) is 0 Å². The highest BCUT2D eigenvalue weighted by atomic mass is 35.5. The Bertz CT molecular complexity index is 581. The molecule has 0 amide bonds. The molecule has 2 N–H and O–H groups in total. The van der Waals surface area contributed by atoms with E-state index in [2.05, 4.69) is 0 Å². The summed E-state index contributed by atoms with van der Waals surface area (Å²) < 4.78 is 40.7. The zero-order chi connectivity index (χ0) is 14.0. The molecular formula is C14H11ClF3N. The van der Waals surface area contributed by atoms with Crippen molar-refractivity contribution in [3.8, 4) is 0 Å². The SMILES string of the molecule is NC(Cc1c(F)cccc1F)c1cccc(Cl)c1F. The third kappa shape index (κ3) is 2.91. The van der Waals surface area contributed by atoms with Gasteiger partial charge in [-0.25, -0.2) is 13.2 Å². The smallest absolute Gasteiger partial charge is 0.146 e. The number of halogens is 4. The van der Waals surface area contributed by atoms with Gasteiger partial charge in [0.25, 0.3) is 0 Å². The van der Waals surface area contributed by atoms with Gasteiger partial charge in [0.15, 0.2) is 0 Å². The number of rotatable bonds is 3. The molecule has 0 aliphatic heterocycles. The minimum atomic E-state index is -0.870. The summed E-state index contributed by atoms with van der Waals surface area (Å²) in [5, 5.41) is -0.0676. The highest BCUT2D eigenvalue weighted by Crippen LogP contribution is 2.26. The van der Waals surface area contributed by atoms with Crippen molar-refractivity contribution in [2.45, 2.75) is 12.5 Å². The molecule has 1 unspecified atom stereocenters. The van der Waals surface area contributed by atoms with Crippen LogP contribution in [-0.2, 0) is 6.42 Å². The normalized spacial score (nSPS) is 12.5. The van der Waals surface area contributed by atoms with Crippen LogP contribution in [0.3, 0.4) is 0 Å². The summed E-state index contributed by atoms with van der Waals surface area (Å²) in [6.07, 6.45) is -0.143. The minimum absolute atomic E-state index is 0.0676. The molecule has 100 valence electrons. The average molecular weight is 286 g/mol. The van der Waals surface area contributed by atoms with E-state index in [-0.39, 0.29) is 22.6 Å². The van der Waals surface area contributed by atoms with Crippen molar-refractivity contribution in [1.82, 2.24) is 0 Å². The molecule has 19 heavy (non-hydrogen) atoms. The number of hydrogen-bond acceptors (Lipinski definition) is 1. The summed E-state index contributed by atoms with van der Waals surface area (Å²) in [6.45, 7) is 0. The molecule has 0 saturated carbocycles. The first-order chi connectivity index (χ1) is 9.00. The molecule has 2 aromatic rings. The monoisotopic (exact) mass is 285 g/mol. The Morgan fingerprint density at radius 1 is 1.00 bits per heavy atom. The van der Waals surface area contributed by atoms with Crippen molar-refractivity contribution in [3.05, 3.63) is 70.0 Å². The summed E-state index contributed by atoms with van der Waals surface area (Å²) >= 11 is 5.64. The van der Waals surface area contributed by atoms with E-state index in [4.69, 9.17) is 17.3 Å². The maximum atomic E-state index is 13.8. The van der Waals surface area contributed by atoms with E-state index in [9.17, 15) is 13.2 Å². The van der Waals surface area contributed by atoms with Crippen molar-refractivity contribution in [3.63, 3.8) is 0 Å². The quantitative estimate of drug-likeness (QED) is 0.906. The molecule has 0 saturated heterocycles. The van der Waals surface area contributed by atoms with Gasteiger partial charge in [-0.1, -0.05) is 29.8 Å². The van der Waals surface area contributed by atoms with E-state index in [0.717, 1.165) is 12.1 Å². The van der Waals surface area contributed by atoms with Gasteiger partial charge >= 0.3 is 0 Å². The first kappa shape index (κ1) is 13.9. The molecular weight excluding hydrogens is 275 g/mol.